The van der Waals surface area contributed by atoms with Gasteiger partial charge in [-0.2, -0.15) is 5.10 Å². The van der Waals surface area contributed by atoms with Gasteiger partial charge < -0.3 is 15.3 Å². The van der Waals surface area contributed by atoms with Crippen LogP contribution in [0, 0.1) is 0 Å². The van der Waals surface area contributed by atoms with E-state index in [1.165, 1.54) is 0 Å². The minimum absolute atomic E-state index is 0.0340. The number of nitrogens with zero attached hydrogens (tertiary/aromatic N) is 1. The lowest BCUT2D eigenvalue weighted by Gasteiger charge is -2.07. The van der Waals surface area contributed by atoms with Crippen LogP contribution >= 0.6 is 0 Å². The molecule has 0 fully saturated rings. The number of rotatable bonds is 3. The van der Waals surface area contributed by atoms with E-state index in [1.54, 1.807) is 6.21 Å². The molecule has 4 rings (SSSR count). The van der Waals surface area contributed by atoms with E-state index >= 15 is 0 Å². The van der Waals surface area contributed by atoms with E-state index < -0.39 is 23.2 Å². The Labute approximate surface area is 160 Å². The van der Waals surface area contributed by atoms with Crippen molar-refractivity contribution in [3.05, 3.63) is 77.9 Å². The normalized spacial score (nSPS) is 11.3. The highest BCUT2D eigenvalue weighted by molar-refractivity contribution is 6.14. The van der Waals surface area contributed by atoms with Gasteiger partial charge in [0.2, 0.25) is 0 Å². The zero-order valence-corrected chi connectivity index (χ0v) is 14.6. The fourth-order valence-corrected chi connectivity index (χ4v) is 3.15. The first-order valence-corrected chi connectivity index (χ1v) is 8.53. The SMILES string of the molecule is O=C(N/N=C/c1cc2ccccc2c2ccccc12)c1cc(O)c(O)c(O)c1. The topological polar surface area (TPSA) is 102 Å². The first kappa shape index (κ1) is 17.4. The van der Waals surface area contributed by atoms with Crippen molar-refractivity contribution in [3.8, 4) is 17.2 Å². The van der Waals surface area contributed by atoms with Gasteiger partial charge >= 0.3 is 0 Å². The molecule has 6 nitrogen and oxygen atoms in total. The maximum Gasteiger partial charge on any atom is 0.271 e. The molecule has 0 heterocycles. The predicted molar refractivity (Wildman–Crippen MR) is 108 cm³/mol. The number of hydrogen-bond acceptors (Lipinski definition) is 5. The molecule has 0 unspecified atom stereocenters. The average molecular weight is 372 g/mol. The zero-order chi connectivity index (χ0) is 19.7. The second-order valence-corrected chi connectivity index (χ2v) is 6.29. The van der Waals surface area contributed by atoms with E-state index in [2.05, 4.69) is 16.6 Å². The van der Waals surface area contributed by atoms with Gasteiger partial charge in [-0.05, 0) is 39.7 Å². The second kappa shape index (κ2) is 6.92. The number of carbonyl (C=O) groups is 1. The van der Waals surface area contributed by atoms with Crippen LogP contribution in [-0.4, -0.2) is 27.4 Å². The second-order valence-electron chi connectivity index (χ2n) is 6.29. The first-order valence-electron chi connectivity index (χ1n) is 8.53. The molecule has 6 heteroatoms. The molecule has 0 aliphatic rings. The third-order valence-electron chi connectivity index (χ3n) is 4.50. The summed E-state index contributed by atoms with van der Waals surface area (Å²) in [5.74, 6) is -2.49. The van der Waals surface area contributed by atoms with Gasteiger partial charge in [-0.15, -0.1) is 0 Å². The van der Waals surface area contributed by atoms with E-state index in [-0.39, 0.29) is 5.56 Å². The van der Waals surface area contributed by atoms with Gasteiger partial charge in [0.25, 0.3) is 5.91 Å². The maximum absolute atomic E-state index is 12.2. The number of hydrazone groups is 1. The largest absolute Gasteiger partial charge is 0.504 e. The minimum Gasteiger partial charge on any atom is -0.504 e. The number of fused-ring (bicyclic) bond motifs is 3. The van der Waals surface area contributed by atoms with Gasteiger partial charge in [-0.25, -0.2) is 5.43 Å². The van der Waals surface area contributed by atoms with Crippen molar-refractivity contribution < 1.29 is 20.1 Å². The van der Waals surface area contributed by atoms with Crippen LogP contribution in [0.15, 0.2) is 71.8 Å². The molecule has 4 N–H and O–H groups in total. The third kappa shape index (κ3) is 3.07. The first-order chi connectivity index (χ1) is 13.5. The van der Waals surface area contributed by atoms with Crippen molar-refractivity contribution in [2.75, 3.05) is 0 Å². The highest BCUT2D eigenvalue weighted by atomic mass is 16.3. The summed E-state index contributed by atoms with van der Waals surface area (Å²) >= 11 is 0. The number of phenolic OH excluding ortho intramolecular Hbond substituents is 3. The molecule has 0 atom stereocenters. The van der Waals surface area contributed by atoms with Crippen molar-refractivity contribution in [1.29, 1.82) is 0 Å². The van der Waals surface area contributed by atoms with E-state index in [0.717, 1.165) is 39.2 Å². The molecule has 4 aromatic rings. The average Bonchev–Trinajstić information content (AvgIpc) is 2.71. The number of hydrogen-bond donors (Lipinski definition) is 4. The number of benzene rings is 4. The van der Waals surface area contributed by atoms with Crippen LogP contribution in [0.4, 0.5) is 0 Å². The predicted octanol–water partition coefficient (Wildman–Crippen LogP) is 3.87. The Hall–Kier alpha value is -4.06. The van der Waals surface area contributed by atoms with E-state index in [9.17, 15) is 20.1 Å². The molecular formula is C22H16N2O4. The molecule has 0 aromatic heterocycles. The molecule has 1 amide bonds. The van der Waals surface area contributed by atoms with Crippen LogP contribution in [0.25, 0.3) is 21.5 Å². The number of carbonyl (C=O) groups excluding carboxylic acids is 1. The fraction of sp³-hybridized carbons (Fsp3) is 0. The summed E-state index contributed by atoms with van der Waals surface area (Å²) in [5, 5.41) is 36.7. The lowest BCUT2D eigenvalue weighted by atomic mass is 9.98. The monoisotopic (exact) mass is 372 g/mol. The van der Waals surface area contributed by atoms with E-state index in [0.29, 0.717) is 0 Å². The Kier molecular flexibility index (Phi) is 4.29. The molecule has 0 saturated carbocycles. The van der Waals surface area contributed by atoms with Gasteiger partial charge in [0, 0.05) is 11.1 Å². The van der Waals surface area contributed by atoms with Gasteiger partial charge in [-0.1, -0.05) is 48.5 Å². The zero-order valence-electron chi connectivity index (χ0n) is 14.6. The summed E-state index contributed by atoms with van der Waals surface area (Å²) in [7, 11) is 0. The number of aromatic hydroxyl groups is 3. The molecule has 0 spiro atoms. The molecule has 0 aliphatic heterocycles. The standard InChI is InChI=1S/C22H16N2O4/c25-19-10-14(11-20(26)21(19)27)22(28)24-23-12-15-9-13-5-1-2-6-16(13)18-8-4-3-7-17(15)18/h1-12,25-27H,(H,24,28)/b23-12+. The van der Waals surface area contributed by atoms with Crippen LogP contribution in [0.2, 0.25) is 0 Å². The molecule has 28 heavy (non-hydrogen) atoms. The van der Waals surface area contributed by atoms with Gasteiger partial charge in [0.1, 0.15) is 0 Å². The Morgan fingerprint density at radius 1 is 0.821 bits per heavy atom. The van der Waals surface area contributed by atoms with Crippen LogP contribution in [0.1, 0.15) is 15.9 Å². The lowest BCUT2D eigenvalue weighted by molar-refractivity contribution is 0.0954. The molecule has 0 radical (unpaired) electrons. The Balaban J connectivity index is 1.66. The molecule has 138 valence electrons. The smallest absolute Gasteiger partial charge is 0.271 e. The molecular weight excluding hydrogens is 356 g/mol. The van der Waals surface area contributed by atoms with Crippen LogP contribution in [0.3, 0.4) is 0 Å². The van der Waals surface area contributed by atoms with Crippen LogP contribution in [-0.2, 0) is 0 Å². The third-order valence-corrected chi connectivity index (χ3v) is 4.50. The van der Waals surface area contributed by atoms with Crippen LogP contribution in [0.5, 0.6) is 17.2 Å². The van der Waals surface area contributed by atoms with Gasteiger partial charge in [0.15, 0.2) is 17.2 Å². The van der Waals surface area contributed by atoms with Crippen molar-refractivity contribution in [2.45, 2.75) is 0 Å². The fourth-order valence-electron chi connectivity index (χ4n) is 3.15. The Morgan fingerprint density at radius 2 is 1.43 bits per heavy atom. The van der Waals surface area contributed by atoms with Crippen molar-refractivity contribution >= 4 is 33.7 Å². The number of nitrogens with one attached hydrogen (secondary N) is 1. The summed E-state index contributed by atoms with van der Waals surface area (Å²) < 4.78 is 0. The maximum atomic E-state index is 12.2. The summed E-state index contributed by atoms with van der Waals surface area (Å²) in [6.45, 7) is 0. The minimum atomic E-state index is -0.678. The molecule has 4 aromatic carbocycles. The number of phenols is 3. The molecule has 0 saturated heterocycles. The van der Waals surface area contributed by atoms with E-state index in [4.69, 9.17) is 0 Å². The van der Waals surface area contributed by atoms with Crippen molar-refractivity contribution in [2.24, 2.45) is 5.10 Å². The molecule has 0 bridgehead atoms. The highest BCUT2D eigenvalue weighted by Crippen LogP contribution is 2.35. The number of amides is 1. The summed E-state index contributed by atoms with van der Waals surface area (Å²) in [4.78, 5) is 12.2. The quantitative estimate of drug-likeness (QED) is 0.190. The van der Waals surface area contributed by atoms with Gasteiger partial charge in [-0.3, -0.25) is 4.79 Å². The van der Waals surface area contributed by atoms with Crippen LogP contribution < -0.4 is 5.43 Å². The highest BCUT2D eigenvalue weighted by Gasteiger charge is 2.13. The van der Waals surface area contributed by atoms with Crippen molar-refractivity contribution in [1.82, 2.24) is 5.43 Å². The van der Waals surface area contributed by atoms with Gasteiger partial charge in [0.05, 0.1) is 6.21 Å². The van der Waals surface area contributed by atoms with E-state index in [1.807, 2.05) is 48.5 Å². The summed E-state index contributed by atoms with van der Waals surface area (Å²) in [5.41, 5.74) is 3.17. The molecule has 0 aliphatic carbocycles. The summed E-state index contributed by atoms with van der Waals surface area (Å²) in [6, 6.07) is 20.0. The Bertz CT molecular complexity index is 1220. The Morgan fingerprint density at radius 3 is 2.14 bits per heavy atom. The van der Waals surface area contributed by atoms with Crippen molar-refractivity contribution in [3.63, 3.8) is 0 Å². The summed E-state index contributed by atoms with van der Waals surface area (Å²) in [6.07, 6.45) is 1.55. The lowest BCUT2D eigenvalue weighted by Crippen LogP contribution is -2.17.